The van der Waals surface area contributed by atoms with Crippen molar-refractivity contribution in [3.8, 4) is 0 Å². The molecule has 0 aromatic heterocycles. The van der Waals surface area contributed by atoms with Crippen molar-refractivity contribution >= 4 is 15.7 Å². The first-order valence-electron chi connectivity index (χ1n) is 9.34. The van der Waals surface area contributed by atoms with Crippen LogP contribution in [0.2, 0.25) is 0 Å². The SMILES string of the molecule is CC[C@H](c1ccccc1)[C@@H]1CCCN1C(=O)c1ccc(S(=O)(=O)C(F)F)cc1. The molecule has 0 unspecified atom stereocenters. The molecule has 2 aromatic carbocycles. The van der Waals surface area contributed by atoms with Gasteiger partial charge in [0.2, 0.25) is 9.84 Å². The largest absolute Gasteiger partial charge is 0.341 e. The Morgan fingerprint density at radius 3 is 2.32 bits per heavy atom. The number of sulfone groups is 1. The maximum absolute atomic E-state index is 13.0. The van der Waals surface area contributed by atoms with Crippen molar-refractivity contribution in [2.75, 3.05) is 6.54 Å². The molecule has 1 aliphatic heterocycles. The zero-order chi connectivity index (χ0) is 20.3. The van der Waals surface area contributed by atoms with E-state index in [9.17, 15) is 22.0 Å². The lowest BCUT2D eigenvalue weighted by Gasteiger charge is -2.31. The van der Waals surface area contributed by atoms with Crippen LogP contribution < -0.4 is 0 Å². The summed E-state index contributed by atoms with van der Waals surface area (Å²) in [5.74, 6) is -3.46. The van der Waals surface area contributed by atoms with Gasteiger partial charge in [-0.1, -0.05) is 37.3 Å². The lowest BCUT2D eigenvalue weighted by atomic mass is 9.87. The Morgan fingerprint density at radius 1 is 1.11 bits per heavy atom. The van der Waals surface area contributed by atoms with Crippen LogP contribution >= 0.6 is 0 Å². The van der Waals surface area contributed by atoms with Crippen LogP contribution in [0.15, 0.2) is 59.5 Å². The van der Waals surface area contributed by atoms with Crippen molar-refractivity contribution in [1.82, 2.24) is 4.90 Å². The highest BCUT2D eigenvalue weighted by Gasteiger charge is 2.35. The van der Waals surface area contributed by atoms with E-state index in [4.69, 9.17) is 0 Å². The zero-order valence-electron chi connectivity index (χ0n) is 15.6. The Balaban J connectivity index is 1.83. The predicted molar refractivity (Wildman–Crippen MR) is 103 cm³/mol. The van der Waals surface area contributed by atoms with Gasteiger partial charge in [0.15, 0.2) is 0 Å². The summed E-state index contributed by atoms with van der Waals surface area (Å²) < 4.78 is 48.5. The summed E-state index contributed by atoms with van der Waals surface area (Å²) in [5, 5.41) is 0. The molecule has 150 valence electrons. The molecule has 0 N–H and O–H groups in total. The first-order valence-corrected chi connectivity index (χ1v) is 10.9. The third kappa shape index (κ3) is 3.94. The van der Waals surface area contributed by atoms with Crippen LogP contribution in [0, 0.1) is 0 Å². The number of halogens is 2. The van der Waals surface area contributed by atoms with Crippen LogP contribution in [-0.4, -0.2) is 37.6 Å². The van der Waals surface area contributed by atoms with Gasteiger partial charge in [-0.3, -0.25) is 4.79 Å². The first kappa shape index (κ1) is 20.5. The number of carbonyl (C=O) groups excluding carboxylic acids is 1. The Kier molecular flexibility index (Phi) is 6.13. The Hall–Kier alpha value is -2.28. The van der Waals surface area contributed by atoms with Crippen molar-refractivity contribution in [3.63, 3.8) is 0 Å². The van der Waals surface area contributed by atoms with E-state index in [0.29, 0.717) is 12.1 Å². The standard InChI is InChI=1S/C21H23F2NO3S/c1-2-18(15-7-4-3-5-8-15)19-9-6-14-24(19)20(25)16-10-12-17(13-11-16)28(26,27)21(22)23/h3-5,7-8,10-13,18-19,21H,2,6,9,14H2,1H3/t18-,19+/m1/s1. The van der Waals surface area contributed by atoms with E-state index in [2.05, 4.69) is 19.1 Å². The topological polar surface area (TPSA) is 54.5 Å². The number of alkyl halides is 2. The molecule has 3 rings (SSSR count). The zero-order valence-corrected chi connectivity index (χ0v) is 16.4. The van der Waals surface area contributed by atoms with Crippen LogP contribution in [0.5, 0.6) is 0 Å². The summed E-state index contributed by atoms with van der Waals surface area (Å²) in [6.45, 7) is 2.73. The molecule has 0 aliphatic carbocycles. The van der Waals surface area contributed by atoms with Crippen LogP contribution in [0.3, 0.4) is 0 Å². The monoisotopic (exact) mass is 407 g/mol. The summed E-state index contributed by atoms with van der Waals surface area (Å²) in [6, 6.07) is 14.9. The highest BCUT2D eigenvalue weighted by molar-refractivity contribution is 7.91. The van der Waals surface area contributed by atoms with Crippen LogP contribution in [0.1, 0.15) is 48.0 Å². The van der Waals surface area contributed by atoms with Gasteiger partial charge >= 0.3 is 5.76 Å². The fourth-order valence-electron chi connectivity index (χ4n) is 3.95. The molecule has 1 fully saturated rings. The molecule has 1 amide bonds. The Labute approximate surface area is 164 Å². The first-order chi connectivity index (χ1) is 13.4. The molecule has 2 aromatic rings. The molecular weight excluding hydrogens is 384 g/mol. The fraction of sp³-hybridized carbons (Fsp3) is 0.381. The molecule has 4 nitrogen and oxygen atoms in total. The van der Waals surface area contributed by atoms with Gasteiger partial charge in [-0.25, -0.2) is 8.42 Å². The van der Waals surface area contributed by atoms with Crippen LogP contribution in [0.25, 0.3) is 0 Å². The quantitative estimate of drug-likeness (QED) is 0.709. The predicted octanol–water partition coefficient (Wildman–Crippen LogP) is 4.48. The molecular formula is C21H23F2NO3S. The lowest BCUT2D eigenvalue weighted by molar-refractivity contribution is 0.0714. The van der Waals surface area contributed by atoms with Gasteiger partial charge in [0, 0.05) is 24.1 Å². The minimum absolute atomic E-state index is 0.0596. The molecule has 1 aliphatic rings. The minimum Gasteiger partial charge on any atom is -0.335 e. The summed E-state index contributed by atoms with van der Waals surface area (Å²) in [6.07, 6.45) is 2.69. The lowest BCUT2D eigenvalue weighted by Crippen LogP contribution is -2.39. The number of carbonyl (C=O) groups is 1. The number of rotatable bonds is 6. The molecule has 1 saturated heterocycles. The van der Waals surface area contributed by atoms with E-state index in [1.54, 1.807) is 0 Å². The van der Waals surface area contributed by atoms with E-state index in [1.807, 2.05) is 23.1 Å². The molecule has 0 spiro atoms. The molecule has 0 saturated carbocycles. The normalized spacial score (nSPS) is 18.4. The van der Waals surface area contributed by atoms with Crippen molar-refractivity contribution < 1.29 is 22.0 Å². The third-order valence-electron chi connectivity index (χ3n) is 5.36. The summed E-state index contributed by atoms with van der Waals surface area (Å²) in [7, 11) is -4.66. The number of hydrogen-bond donors (Lipinski definition) is 0. The molecule has 1 heterocycles. The maximum atomic E-state index is 13.0. The van der Waals surface area contributed by atoms with Crippen molar-refractivity contribution in [1.29, 1.82) is 0 Å². The third-order valence-corrected chi connectivity index (χ3v) is 6.75. The molecule has 2 atom stereocenters. The van der Waals surface area contributed by atoms with Gasteiger partial charge in [-0.2, -0.15) is 8.78 Å². The second-order valence-electron chi connectivity index (χ2n) is 6.96. The fourth-order valence-corrected chi connectivity index (χ4v) is 4.67. The number of amides is 1. The van der Waals surface area contributed by atoms with E-state index < -0.39 is 20.5 Å². The maximum Gasteiger partial charge on any atom is 0.341 e. The average molecular weight is 407 g/mol. The van der Waals surface area contributed by atoms with Crippen molar-refractivity contribution in [2.45, 2.75) is 48.8 Å². The summed E-state index contributed by atoms with van der Waals surface area (Å²) in [5.41, 5.74) is 1.50. The van der Waals surface area contributed by atoms with E-state index in [-0.39, 0.29) is 17.9 Å². The highest BCUT2D eigenvalue weighted by atomic mass is 32.2. The molecule has 0 radical (unpaired) electrons. The van der Waals surface area contributed by atoms with Gasteiger partial charge in [0.25, 0.3) is 5.91 Å². The second-order valence-corrected chi connectivity index (χ2v) is 8.88. The Bertz CT molecular complexity index is 914. The Morgan fingerprint density at radius 2 is 1.75 bits per heavy atom. The molecule has 0 bridgehead atoms. The van der Waals surface area contributed by atoms with Gasteiger partial charge in [0.1, 0.15) is 0 Å². The van der Waals surface area contributed by atoms with Crippen LogP contribution in [-0.2, 0) is 9.84 Å². The number of benzene rings is 2. The minimum atomic E-state index is -4.66. The molecule has 7 heteroatoms. The van der Waals surface area contributed by atoms with E-state index in [1.165, 1.54) is 17.7 Å². The number of likely N-dealkylation sites (tertiary alicyclic amines) is 1. The summed E-state index contributed by atoms with van der Waals surface area (Å²) >= 11 is 0. The average Bonchev–Trinajstić information content (AvgIpc) is 3.18. The van der Waals surface area contributed by atoms with Crippen molar-refractivity contribution in [2.24, 2.45) is 0 Å². The second kappa shape index (κ2) is 8.39. The number of nitrogens with zero attached hydrogens (tertiary/aromatic N) is 1. The summed E-state index contributed by atoms with van der Waals surface area (Å²) in [4.78, 5) is 14.4. The van der Waals surface area contributed by atoms with Crippen molar-refractivity contribution in [3.05, 3.63) is 65.7 Å². The smallest absolute Gasteiger partial charge is 0.335 e. The highest BCUT2D eigenvalue weighted by Crippen LogP contribution is 2.34. The van der Waals surface area contributed by atoms with Crippen LogP contribution in [0.4, 0.5) is 8.78 Å². The van der Waals surface area contributed by atoms with Gasteiger partial charge in [-0.15, -0.1) is 0 Å². The van der Waals surface area contributed by atoms with Gasteiger partial charge < -0.3 is 4.90 Å². The molecule has 28 heavy (non-hydrogen) atoms. The van der Waals surface area contributed by atoms with E-state index in [0.717, 1.165) is 31.4 Å². The van der Waals surface area contributed by atoms with E-state index >= 15 is 0 Å². The van der Waals surface area contributed by atoms with Gasteiger partial charge in [-0.05, 0) is 49.1 Å². The number of hydrogen-bond acceptors (Lipinski definition) is 3. The van der Waals surface area contributed by atoms with Gasteiger partial charge in [0.05, 0.1) is 4.90 Å².